The first kappa shape index (κ1) is 21.7. The molecule has 1 amide bonds. The highest BCUT2D eigenvalue weighted by molar-refractivity contribution is 7.17. The van der Waals surface area contributed by atoms with E-state index >= 15 is 0 Å². The zero-order valence-corrected chi connectivity index (χ0v) is 18.8. The molecule has 0 aromatic carbocycles. The van der Waals surface area contributed by atoms with E-state index in [-0.39, 0.29) is 17.7 Å². The van der Waals surface area contributed by atoms with Gasteiger partial charge in [0, 0.05) is 28.2 Å². The summed E-state index contributed by atoms with van der Waals surface area (Å²) >= 11 is 2.68. The van der Waals surface area contributed by atoms with Crippen molar-refractivity contribution < 1.29 is 23.9 Å². The number of ether oxygens (including phenoxy) is 2. The number of nitrogens with zero attached hydrogens (tertiary/aromatic N) is 3. The number of fused-ring (bicyclic) bond motifs is 1. The zero-order chi connectivity index (χ0) is 22.7. The molecule has 0 fully saturated rings. The second-order valence-electron chi connectivity index (χ2n) is 6.52. The number of carbonyl (C=O) groups is 3. The molecule has 4 aromatic rings. The summed E-state index contributed by atoms with van der Waals surface area (Å²) in [6.07, 6.45) is 3.20. The first-order valence-electron chi connectivity index (χ1n) is 9.59. The lowest BCUT2D eigenvalue weighted by molar-refractivity contribution is -0.119. The van der Waals surface area contributed by atoms with Crippen molar-refractivity contribution in [2.45, 2.75) is 13.8 Å². The molecule has 9 nitrogen and oxygen atoms in total. The molecule has 4 rings (SSSR count). The Morgan fingerprint density at radius 3 is 2.69 bits per heavy atom. The summed E-state index contributed by atoms with van der Waals surface area (Å²) in [4.78, 5) is 42.6. The van der Waals surface area contributed by atoms with Gasteiger partial charge >= 0.3 is 11.9 Å². The second kappa shape index (κ2) is 9.28. The maximum atomic E-state index is 12.6. The van der Waals surface area contributed by atoms with Gasteiger partial charge in [-0.05, 0) is 31.4 Å². The number of hydrogen-bond donors (Lipinski definition) is 1. The van der Waals surface area contributed by atoms with E-state index in [0.29, 0.717) is 21.9 Å². The molecule has 164 valence electrons. The van der Waals surface area contributed by atoms with E-state index in [1.54, 1.807) is 37.7 Å². The molecule has 0 radical (unpaired) electrons. The molecule has 0 aliphatic carbocycles. The van der Waals surface area contributed by atoms with Crippen LogP contribution in [0.3, 0.4) is 0 Å². The molecule has 0 spiro atoms. The Bertz CT molecular complexity index is 1290. The molecule has 1 N–H and O–H groups in total. The molecular weight excluding hydrogens is 452 g/mol. The average molecular weight is 471 g/mol. The van der Waals surface area contributed by atoms with E-state index < -0.39 is 24.5 Å². The van der Waals surface area contributed by atoms with Crippen LogP contribution in [0.1, 0.15) is 33.3 Å². The zero-order valence-electron chi connectivity index (χ0n) is 17.2. The van der Waals surface area contributed by atoms with Crippen LogP contribution in [0, 0.1) is 6.92 Å². The Morgan fingerprint density at radius 1 is 1.12 bits per heavy atom. The first-order chi connectivity index (χ1) is 15.5. The normalized spacial score (nSPS) is 10.8. The van der Waals surface area contributed by atoms with E-state index in [9.17, 15) is 14.4 Å². The Balaban J connectivity index is 1.49. The molecular formula is C21H18N4O5S2. The summed E-state index contributed by atoms with van der Waals surface area (Å²) in [5, 5.41) is 10.9. The molecule has 4 heterocycles. The summed E-state index contributed by atoms with van der Waals surface area (Å²) in [6, 6.07) is 5.45. The minimum Gasteiger partial charge on any atom is -0.462 e. The highest BCUT2D eigenvalue weighted by atomic mass is 32.1. The van der Waals surface area contributed by atoms with Gasteiger partial charge < -0.3 is 14.8 Å². The van der Waals surface area contributed by atoms with Crippen LogP contribution in [-0.2, 0) is 14.3 Å². The predicted octanol–water partition coefficient (Wildman–Crippen LogP) is 3.80. The first-order valence-corrected chi connectivity index (χ1v) is 11.3. The van der Waals surface area contributed by atoms with E-state index in [4.69, 9.17) is 9.47 Å². The van der Waals surface area contributed by atoms with Crippen molar-refractivity contribution in [2.75, 3.05) is 18.5 Å². The van der Waals surface area contributed by atoms with Gasteiger partial charge in [-0.1, -0.05) is 6.07 Å². The summed E-state index contributed by atoms with van der Waals surface area (Å²) in [7, 11) is 0. The van der Waals surface area contributed by atoms with Crippen molar-refractivity contribution in [1.82, 2.24) is 14.6 Å². The summed E-state index contributed by atoms with van der Waals surface area (Å²) in [5.41, 5.74) is 1.95. The maximum absolute atomic E-state index is 12.6. The number of carbonyl (C=O) groups excluding carboxylic acids is 3. The quantitative estimate of drug-likeness (QED) is 0.409. The van der Waals surface area contributed by atoms with Gasteiger partial charge in [0.05, 0.1) is 12.3 Å². The summed E-state index contributed by atoms with van der Waals surface area (Å²) in [6.45, 7) is 3.05. The number of amides is 1. The van der Waals surface area contributed by atoms with Crippen LogP contribution in [0.4, 0.5) is 5.00 Å². The van der Waals surface area contributed by atoms with Gasteiger partial charge in [-0.3, -0.25) is 4.79 Å². The van der Waals surface area contributed by atoms with Gasteiger partial charge in [-0.25, -0.2) is 19.1 Å². The number of rotatable bonds is 7. The smallest absolute Gasteiger partial charge is 0.344 e. The fourth-order valence-corrected chi connectivity index (χ4v) is 4.86. The van der Waals surface area contributed by atoms with Crippen molar-refractivity contribution in [3.63, 3.8) is 0 Å². The number of aromatic nitrogens is 3. The lowest BCUT2D eigenvalue weighted by Crippen LogP contribution is -2.22. The van der Waals surface area contributed by atoms with Gasteiger partial charge in [0.15, 0.2) is 12.3 Å². The number of nitrogens with one attached hydrogen (secondary N) is 1. The van der Waals surface area contributed by atoms with Gasteiger partial charge in [0.2, 0.25) is 0 Å². The number of anilines is 1. The Morgan fingerprint density at radius 2 is 1.94 bits per heavy atom. The Kier molecular flexibility index (Phi) is 6.28. The van der Waals surface area contributed by atoms with Crippen LogP contribution in [0.15, 0.2) is 41.4 Å². The molecule has 0 saturated carbocycles. The van der Waals surface area contributed by atoms with Crippen LogP contribution in [0.25, 0.3) is 16.1 Å². The van der Waals surface area contributed by atoms with Gasteiger partial charge in [0.1, 0.15) is 16.1 Å². The standard InChI is InChI=1S/C21H18N4O5S2/c1-3-29-21(28)17-13(14-6-4-9-31-14)11-32-19(17)23-15(26)10-30-20(27)16-12(2)24-25-8-5-7-22-18(16)25/h4-9,11H,3,10H2,1-2H3,(H,23,26). The minimum atomic E-state index is -0.706. The van der Waals surface area contributed by atoms with Crippen molar-refractivity contribution in [3.05, 3.63) is 58.2 Å². The topological polar surface area (TPSA) is 112 Å². The maximum Gasteiger partial charge on any atom is 0.344 e. The highest BCUT2D eigenvalue weighted by Gasteiger charge is 2.24. The second-order valence-corrected chi connectivity index (χ2v) is 8.35. The minimum absolute atomic E-state index is 0.196. The number of esters is 2. The molecule has 0 unspecified atom stereocenters. The molecule has 0 bridgehead atoms. The fourth-order valence-electron chi connectivity index (χ4n) is 3.07. The molecule has 0 aliphatic heterocycles. The van der Waals surface area contributed by atoms with Crippen LogP contribution >= 0.6 is 22.7 Å². The van der Waals surface area contributed by atoms with E-state index in [1.165, 1.54) is 27.2 Å². The van der Waals surface area contributed by atoms with E-state index in [2.05, 4.69) is 15.4 Å². The van der Waals surface area contributed by atoms with Crippen molar-refractivity contribution >= 4 is 51.2 Å². The molecule has 0 saturated heterocycles. The van der Waals surface area contributed by atoms with Crippen molar-refractivity contribution in [1.29, 1.82) is 0 Å². The number of aryl methyl sites for hydroxylation is 1. The molecule has 11 heteroatoms. The fraction of sp³-hybridized carbons (Fsp3) is 0.190. The largest absolute Gasteiger partial charge is 0.462 e. The van der Waals surface area contributed by atoms with Gasteiger partial charge in [0.25, 0.3) is 5.91 Å². The average Bonchev–Trinajstić information content (AvgIpc) is 3.50. The molecule has 0 atom stereocenters. The van der Waals surface area contributed by atoms with Crippen molar-refractivity contribution in [2.24, 2.45) is 0 Å². The van der Waals surface area contributed by atoms with E-state index in [1.807, 2.05) is 17.5 Å². The lowest BCUT2D eigenvalue weighted by Gasteiger charge is -2.08. The predicted molar refractivity (Wildman–Crippen MR) is 120 cm³/mol. The third kappa shape index (κ3) is 4.25. The summed E-state index contributed by atoms with van der Waals surface area (Å²) in [5.74, 6) is -1.81. The Hall–Kier alpha value is -3.57. The molecule has 0 aliphatic rings. The Labute approximate surface area is 190 Å². The SMILES string of the molecule is CCOC(=O)c1c(-c2cccs2)csc1NC(=O)COC(=O)c1c(C)nn2cccnc12. The third-order valence-corrected chi connectivity index (χ3v) is 6.22. The highest BCUT2D eigenvalue weighted by Crippen LogP contribution is 2.38. The van der Waals surface area contributed by atoms with Gasteiger partial charge in [-0.2, -0.15) is 5.10 Å². The third-order valence-electron chi connectivity index (χ3n) is 4.42. The monoisotopic (exact) mass is 470 g/mol. The van der Waals surface area contributed by atoms with Crippen LogP contribution in [-0.4, -0.2) is 45.7 Å². The van der Waals surface area contributed by atoms with Crippen LogP contribution in [0.2, 0.25) is 0 Å². The number of thiophene rings is 2. The van der Waals surface area contributed by atoms with E-state index in [0.717, 1.165) is 4.88 Å². The molecule has 4 aromatic heterocycles. The van der Waals surface area contributed by atoms with Crippen molar-refractivity contribution in [3.8, 4) is 10.4 Å². The summed E-state index contributed by atoms with van der Waals surface area (Å²) < 4.78 is 11.8. The van der Waals surface area contributed by atoms with Gasteiger partial charge in [-0.15, -0.1) is 22.7 Å². The number of hydrogen-bond acceptors (Lipinski definition) is 9. The molecule has 32 heavy (non-hydrogen) atoms. The van der Waals surface area contributed by atoms with Crippen LogP contribution < -0.4 is 5.32 Å². The van der Waals surface area contributed by atoms with Crippen LogP contribution in [0.5, 0.6) is 0 Å². The lowest BCUT2D eigenvalue weighted by atomic mass is 10.1.